The number of nitrogens with zero attached hydrogens (tertiary/aromatic N) is 5. The SMILES string of the molecule is Cc1ccc(N2CCN(C(=O)[C@H]3CCCN(c4cnn(Cc5ccccc5)c(=O)c4)C3)CC2)cc1. The molecule has 2 aromatic carbocycles. The van der Waals surface area contributed by atoms with Gasteiger partial charge < -0.3 is 14.7 Å². The van der Waals surface area contributed by atoms with Crippen LogP contribution in [0.4, 0.5) is 11.4 Å². The van der Waals surface area contributed by atoms with Crippen LogP contribution in [0.1, 0.15) is 24.0 Å². The molecule has 7 nitrogen and oxygen atoms in total. The molecule has 2 saturated heterocycles. The number of amides is 1. The van der Waals surface area contributed by atoms with E-state index in [1.807, 2.05) is 35.2 Å². The zero-order valence-electron chi connectivity index (χ0n) is 20.3. The standard InChI is InChI=1S/C28H33N5O2/c1-22-9-11-25(12-10-22)30-14-16-31(17-15-30)28(35)24-8-5-13-32(21-24)26-18-27(34)33(29-19-26)20-23-6-3-2-4-7-23/h2-4,6-7,9-12,18-19,24H,5,8,13-17,20-21H2,1H3/t24-/m0/s1. The Hall–Kier alpha value is -3.61. The summed E-state index contributed by atoms with van der Waals surface area (Å²) < 4.78 is 1.49. The number of carbonyl (C=O) groups excluding carboxylic acids is 1. The van der Waals surface area contributed by atoms with E-state index in [9.17, 15) is 9.59 Å². The third-order valence-corrected chi connectivity index (χ3v) is 7.16. The van der Waals surface area contributed by atoms with E-state index >= 15 is 0 Å². The third-order valence-electron chi connectivity index (χ3n) is 7.16. The Morgan fingerprint density at radius 1 is 0.914 bits per heavy atom. The van der Waals surface area contributed by atoms with Gasteiger partial charge in [0, 0.05) is 51.0 Å². The first kappa shape index (κ1) is 23.1. The highest BCUT2D eigenvalue weighted by atomic mass is 16.2. The Balaban J connectivity index is 1.19. The number of piperazine rings is 1. The van der Waals surface area contributed by atoms with Crippen molar-refractivity contribution in [3.63, 3.8) is 0 Å². The third kappa shape index (κ3) is 5.39. The average Bonchev–Trinajstić information content (AvgIpc) is 2.91. The predicted molar refractivity (Wildman–Crippen MR) is 139 cm³/mol. The first-order valence-electron chi connectivity index (χ1n) is 12.5. The van der Waals surface area contributed by atoms with Crippen molar-refractivity contribution in [2.24, 2.45) is 5.92 Å². The molecule has 2 aliphatic heterocycles. The molecule has 2 fully saturated rings. The molecule has 182 valence electrons. The van der Waals surface area contributed by atoms with Crippen LogP contribution < -0.4 is 15.4 Å². The predicted octanol–water partition coefficient (Wildman–Crippen LogP) is 3.17. The number of aryl methyl sites for hydroxylation is 1. The minimum Gasteiger partial charge on any atom is -0.369 e. The van der Waals surface area contributed by atoms with Crippen LogP contribution >= 0.6 is 0 Å². The molecule has 3 aromatic rings. The van der Waals surface area contributed by atoms with Crippen molar-refractivity contribution in [2.45, 2.75) is 26.3 Å². The zero-order valence-corrected chi connectivity index (χ0v) is 20.3. The van der Waals surface area contributed by atoms with E-state index in [0.29, 0.717) is 13.1 Å². The van der Waals surface area contributed by atoms with Crippen LogP contribution in [0.2, 0.25) is 0 Å². The van der Waals surface area contributed by atoms with Gasteiger partial charge in [0.2, 0.25) is 5.91 Å². The maximum absolute atomic E-state index is 13.3. The summed E-state index contributed by atoms with van der Waals surface area (Å²) in [4.78, 5) is 32.6. The topological polar surface area (TPSA) is 61.7 Å². The Bertz CT molecular complexity index is 1200. The molecule has 0 radical (unpaired) electrons. The molecule has 5 rings (SSSR count). The number of piperidine rings is 1. The van der Waals surface area contributed by atoms with Crippen LogP contribution in [0.3, 0.4) is 0 Å². The van der Waals surface area contributed by atoms with Crippen molar-refractivity contribution in [3.8, 4) is 0 Å². The number of hydrogen-bond acceptors (Lipinski definition) is 5. The normalized spacial score (nSPS) is 18.5. The number of benzene rings is 2. The molecule has 0 unspecified atom stereocenters. The molecule has 0 bridgehead atoms. The Kier molecular flexibility index (Phi) is 6.84. The minimum atomic E-state index is -0.118. The molecular formula is C28H33N5O2. The second kappa shape index (κ2) is 10.3. The number of aromatic nitrogens is 2. The van der Waals surface area contributed by atoms with Gasteiger partial charge in [-0.15, -0.1) is 0 Å². The van der Waals surface area contributed by atoms with Gasteiger partial charge in [-0.3, -0.25) is 9.59 Å². The van der Waals surface area contributed by atoms with Gasteiger partial charge in [-0.2, -0.15) is 5.10 Å². The van der Waals surface area contributed by atoms with Crippen molar-refractivity contribution in [1.82, 2.24) is 14.7 Å². The van der Waals surface area contributed by atoms with E-state index < -0.39 is 0 Å². The van der Waals surface area contributed by atoms with E-state index in [0.717, 1.165) is 56.8 Å². The number of rotatable bonds is 5. The molecule has 1 amide bonds. The van der Waals surface area contributed by atoms with Crippen LogP contribution in [0.25, 0.3) is 0 Å². The van der Waals surface area contributed by atoms with Gasteiger partial charge in [-0.1, -0.05) is 48.0 Å². The van der Waals surface area contributed by atoms with E-state index in [-0.39, 0.29) is 17.4 Å². The maximum atomic E-state index is 13.3. The minimum absolute atomic E-state index is 0.0403. The van der Waals surface area contributed by atoms with E-state index in [1.165, 1.54) is 15.9 Å². The second-order valence-electron chi connectivity index (χ2n) is 9.63. The lowest BCUT2D eigenvalue weighted by molar-refractivity contribution is -0.136. The quantitative estimate of drug-likeness (QED) is 0.572. The molecule has 1 aromatic heterocycles. The molecule has 2 aliphatic rings. The van der Waals surface area contributed by atoms with Gasteiger partial charge in [0.15, 0.2) is 0 Å². The molecule has 1 atom stereocenters. The zero-order chi connectivity index (χ0) is 24.2. The van der Waals surface area contributed by atoms with Crippen LogP contribution in [0.15, 0.2) is 71.7 Å². The van der Waals surface area contributed by atoms with Gasteiger partial charge in [-0.05, 0) is 37.5 Å². The second-order valence-corrected chi connectivity index (χ2v) is 9.63. The fraction of sp³-hybridized carbons (Fsp3) is 0.393. The summed E-state index contributed by atoms with van der Waals surface area (Å²) >= 11 is 0. The highest BCUT2D eigenvalue weighted by Gasteiger charge is 2.31. The van der Waals surface area contributed by atoms with Gasteiger partial charge in [0.1, 0.15) is 0 Å². The Morgan fingerprint density at radius 3 is 2.37 bits per heavy atom. The van der Waals surface area contributed by atoms with Crippen LogP contribution in [-0.2, 0) is 11.3 Å². The van der Waals surface area contributed by atoms with Gasteiger partial charge in [0.25, 0.3) is 5.56 Å². The fourth-order valence-corrected chi connectivity index (χ4v) is 5.08. The smallest absolute Gasteiger partial charge is 0.269 e. The first-order valence-corrected chi connectivity index (χ1v) is 12.5. The van der Waals surface area contributed by atoms with Crippen molar-refractivity contribution >= 4 is 17.3 Å². The summed E-state index contributed by atoms with van der Waals surface area (Å²) in [6, 6.07) is 20.1. The number of carbonyl (C=O) groups is 1. The molecule has 7 heteroatoms. The average molecular weight is 472 g/mol. The molecular weight excluding hydrogens is 438 g/mol. The fourth-order valence-electron chi connectivity index (χ4n) is 5.08. The van der Waals surface area contributed by atoms with Crippen LogP contribution in [0, 0.1) is 12.8 Å². The molecule has 0 saturated carbocycles. The summed E-state index contributed by atoms with van der Waals surface area (Å²) in [6.45, 7) is 7.25. The summed E-state index contributed by atoms with van der Waals surface area (Å²) in [5.74, 6) is 0.199. The summed E-state index contributed by atoms with van der Waals surface area (Å²) in [7, 11) is 0. The highest BCUT2D eigenvalue weighted by molar-refractivity contribution is 5.80. The van der Waals surface area contributed by atoms with Crippen molar-refractivity contribution in [1.29, 1.82) is 0 Å². The van der Waals surface area contributed by atoms with Crippen molar-refractivity contribution in [2.75, 3.05) is 49.1 Å². The van der Waals surface area contributed by atoms with E-state index in [2.05, 4.69) is 46.1 Å². The van der Waals surface area contributed by atoms with E-state index in [4.69, 9.17) is 0 Å². The lowest BCUT2D eigenvalue weighted by Crippen LogP contribution is -2.52. The first-order chi connectivity index (χ1) is 17.1. The van der Waals surface area contributed by atoms with Crippen LogP contribution in [-0.4, -0.2) is 59.9 Å². The van der Waals surface area contributed by atoms with Gasteiger partial charge in [0.05, 0.1) is 24.3 Å². The molecule has 0 N–H and O–H groups in total. The summed E-state index contributed by atoms with van der Waals surface area (Å²) in [6.07, 6.45) is 3.59. The molecule has 35 heavy (non-hydrogen) atoms. The van der Waals surface area contributed by atoms with Crippen LogP contribution in [0.5, 0.6) is 0 Å². The molecule has 0 spiro atoms. The maximum Gasteiger partial charge on any atom is 0.269 e. The largest absolute Gasteiger partial charge is 0.369 e. The number of hydrogen-bond donors (Lipinski definition) is 0. The molecule has 0 aliphatic carbocycles. The Labute approximate surface area is 206 Å². The van der Waals surface area contributed by atoms with Crippen molar-refractivity contribution < 1.29 is 4.79 Å². The lowest BCUT2D eigenvalue weighted by atomic mass is 9.96. The van der Waals surface area contributed by atoms with E-state index in [1.54, 1.807) is 12.3 Å². The monoisotopic (exact) mass is 471 g/mol. The van der Waals surface area contributed by atoms with Gasteiger partial charge in [-0.25, -0.2) is 4.68 Å². The molecule has 3 heterocycles. The highest BCUT2D eigenvalue weighted by Crippen LogP contribution is 2.25. The van der Waals surface area contributed by atoms with Crippen molar-refractivity contribution in [3.05, 3.63) is 88.3 Å². The lowest BCUT2D eigenvalue weighted by Gasteiger charge is -2.40. The summed E-state index contributed by atoms with van der Waals surface area (Å²) in [5.41, 5.74) is 4.21. The number of anilines is 2. The Morgan fingerprint density at radius 2 is 1.66 bits per heavy atom. The summed E-state index contributed by atoms with van der Waals surface area (Å²) in [5, 5.41) is 4.41. The van der Waals surface area contributed by atoms with Gasteiger partial charge >= 0.3 is 0 Å².